The highest BCUT2D eigenvalue weighted by Gasteiger charge is 2.53. The van der Waals surface area contributed by atoms with E-state index in [2.05, 4.69) is 16.7 Å². The third-order valence-electron chi connectivity index (χ3n) is 4.86. The van der Waals surface area contributed by atoms with Gasteiger partial charge in [0.15, 0.2) is 0 Å². The topological polar surface area (TPSA) is 61.0 Å². The Morgan fingerprint density at radius 1 is 1.43 bits per heavy atom. The first-order valence-corrected chi connectivity index (χ1v) is 9.02. The number of nitro groups is 1. The molecule has 4 atom stereocenters. The van der Waals surface area contributed by atoms with Gasteiger partial charge in [-0.3, -0.25) is 14.8 Å². The highest BCUT2D eigenvalue weighted by atomic mass is 35.5. The predicted octanol–water partition coefficient (Wildman–Crippen LogP) is 4.16. The lowest BCUT2D eigenvalue weighted by atomic mass is 9.98. The number of hydrogen-bond acceptors (Lipinski definition) is 4. The standard InChI is InChI=1S/C16H16ClN3O2S/c1-2-19-15-11-7-13(17)14(12(15)8-18-19)16(11)23-10-5-3-9(4-6-10)20(21)22/h3-6,8,11,13-14,16H,2,7H2,1H3/t11-,13+,14-,16-/m0/s1. The van der Waals surface area contributed by atoms with Gasteiger partial charge in [0.25, 0.3) is 5.69 Å². The van der Waals surface area contributed by atoms with E-state index in [1.54, 1.807) is 23.9 Å². The Kier molecular flexibility index (Phi) is 3.61. The van der Waals surface area contributed by atoms with Crippen molar-refractivity contribution in [2.45, 2.75) is 47.2 Å². The summed E-state index contributed by atoms with van der Waals surface area (Å²) in [6, 6.07) is 6.80. The van der Waals surface area contributed by atoms with Crippen molar-refractivity contribution in [3.63, 3.8) is 0 Å². The second kappa shape index (κ2) is 5.53. The Balaban J connectivity index is 1.61. The van der Waals surface area contributed by atoms with Crippen LogP contribution < -0.4 is 0 Å². The van der Waals surface area contributed by atoms with Crippen LogP contribution in [0.1, 0.15) is 36.4 Å². The number of aryl methyl sites for hydroxylation is 1. The zero-order valence-corrected chi connectivity index (χ0v) is 14.1. The van der Waals surface area contributed by atoms with Gasteiger partial charge in [-0.2, -0.15) is 5.10 Å². The molecule has 0 spiro atoms. The van der Waals surface area contributed by atoms with E-state index in [-0.39, 0.29) is 16.0 Å². The summed E-state index contributed by atoms with van der Waals surface area (Å²) >= 11 is 8.36. The third-order valence-corrected chi connectivity index (χ3v) is 6.75. The lowest BCUT2D eigenvalue weighted by Crippen LogP contribution is -2.11. The number of benzene rings is 1. The number of thioether (sulfide) groups is 1. The fraction of sp³-hybridized carbons (Fsp3) is 0.438. The molecular formula is C16H16ClN3O2S. The first kappa shape index (κ1) is 15.0. The van der Waals surface area contributed by atoms with Crippen LogP contribution in [0.25, 0.3) is 0 Å². The summed E-state index contributed by atoms with van der Waals surface area (Å²) in [6.45, 7) is 2.98. The van der Waals surface area contributed by atoms with E-state index >= 15 is 0 Å². The average molecular weight is 350 g/mol. The molecule has 1 fully saturated rings. The molecule has 1 heterocycles. The Hall–Kier alpha value is -1.53. The van der Waals surface area contributed by atoms with Crippen molar-refractivity contribution >= 4 is 29.1 Å². The van der Waals surface area contributed by atoms with Crippen molar-refractivity contribution in [3.05, 3.63) is 51.8 Å². The molecule has 0 radical (unpaired) electrons. The zero-order chi connectivity index (χ0) is 16.1. The normalized spacial score (nSPS) is 28.1. The van der Waals surface area contributed by atoms with Gasteiger partial charge in [-0.15, -0.1) is 23.4 Å². The van der Waals surface area contributed by atoms with Crippen LogP contribution in [-0.2, 0) is 6.54 Å². The summed E-state index contributed by atoms with van der Waals surface area (Å²) in [7, 11) is 0. The first-order chi connectivity index (χ1) is 11.1. The smallest absolute Gasteiger partial charge is 0.269 e. The van der Waals surface area contributed by atoms with E-state index in [4.69, 9.17) is 11.6 Å². The van der Waals surface area contributed by atoms with Gasteiger partial charge in [-0.25, -0.2) is 0 Å². The third kappa shape index (κ3) is 2.27. The van der Waals surface area contributed by atoms with Crippen molar-refractivity contribution < 1.29 is 4.92 Å². The number of non-ortho nitro benzene ring substituents is 1. The van der Waals surface area contributed by atoms with Crippen LogP contribution in [0, 0.1) is 10.1 Å². The van der Waals surface area contributed by atoms with Crippen LogP contribution in [-0.4, -0.2) is 25.3 Å². The molecule has 7 heteroatoms. The van der Waals surface area contributed by atoms with Crippen molar-refractivity contribution in [1.82, 2.24) is 9.78 Å². The maximum Gasteiger partial charge on any atom is 0.269 e. The van der Waals surface area contributed by atoms with E-state index in [0.717, 1.165) is 17.9 Å². The first-order valence-electron chi connectivity index (χ1n) is 7.71. The van der Waals surface area contributed by atoms with Crippen LogP contribution >= 0.6 is 23.4 Å². The molecule has 1 aromatic heterocycles. The number of fused-ring (bicyclic) bond motifs is 5. The fourth-order valence-electron chi connectivity index (χ4n) is 3.90. The van der Waals surface area contributed by atoms with Gasteiger partial charge in [0.1, 0.15) is 0 Å². The molecule has 2 aromatic rings. The summed E-state index contributed by atoms with van der Waals surface area (Å²) in [5, 5.41) is 15.8. The van der Waals surface area contributed by atoms with E-state index < -0.39 is 0 Å². The Morgan fingerprint density at radius 3 is 2.83 bits per heavy atom. The van der Waals surface area contributed by atoms with Gasteiger partial charge in [0.2, 0.25) is 0 Å². The lowest BCUT2D eigenvalue weighted by molar-refractivity contribution is -0.384. The van der Waals surface area contributed by atoms with Crippen molar-refractivity contribution in [2.75, 3.05) is 0 Å². The van der Waals surface area contributed by atoms with Crippen molar-refractivity contribution in [2.24, 2.45) is 0 Å². The van der Waals surface area contributed by atoms with Gasteiger partial charge in [-0.05, 0) is 31.0 Å². The minimum absolute atomic E-state index is 0.129. The molecule has 0 saturated heterocycles. The molecule has 0 aliphatic heterocycles. The molecule has 0 amide bonds. The molecule has 4 rings (SSSR count). The average Bonchev–Trinajstić information content (AvgIpc) is 3.16. The summed E-state index contributed by atoms with van der Waals surface area (Å²) in [5.74, 6) is 0.734. The van der Waals surface area contributed by atoms with Crippen LogP contribution in [0.3, 0.4) is 0 Å². The molecule has 23 heavy (non-hydrogen) atoms. The summed E-state index contributed by atoms with van der Waals surface area (Å²) in [6.07, 6.45) is 2.96. The van der Waals surface area contributed by atoms with Crippen molar-refractivity contribution in [3.8, 4) is 0 Å². The SMILES string of the molecule is CCn1ncc2c1[C@@H]1C[C@@H](Cl)[C@H]2[C@H]1Sc1ccc([N+](=O)[O-])cc1. The number of aromatic nitrogens is 2. The maximum atomic E-state index is 10.8. The quantitative estimate of drug-likeness (QED) is 0.472. The lowest BCUT2D eigenvalue weighted by Gasteiger charge is -2.16. The van der Waals surface area contributed by atoms with E-state index in [1.807, 2.05) is 18.3 Å². The molecule has 2 bridgehead atoms. The molecule has 0 unspecified atom stereocenters. The Morgan fingerprint density at radius 2 is 2.17 bits per heavy atom. The van der Waals surface area contributed by atoms with E-state index in [0.29, 0.717) is 17.1 Å². The highest BCUT2D eigenvalue weighted by Crippen LogP contribution is 2.60. The van der Waals surface area contributed by atoms with Gasteiger partial charge >= 0.3 is 0 Å². The molecule has 120 valence electrons. The number of hydrogen-bond donors (Lipinski definition) is 0. The largest absolute Gasteiger partial charge is 0.269 e. The van der Waals surface area contributed by atoms with Gasteiger partial charge in [0.05, 0.1) is 11.1 Å². The Bertz CT molecular complexity index is 761. The number of halogens is 1. The van der Waals surface area contributed by atoms with Gasteiger partial charge < -0.3 is 0 Å². The minimum atomic E-state index is -0.367. The van der Waals surface area contributed by atoms with Crippen LogP contribution in [0.2, 0.25) is 0 Å². The fourth-order valence-corrected chi connectivity index (χ4v) is 5.97. The molecule has 5 nitrogen and oxygen atoms in total. The molecule has 2 aliphatic carbocycles. The van der Waals surface area contributed by atoms with E-state index in [1.165, 1.54) is 11.3 Å². The number of rotatable bonds is 4. The summed E-state index contributed by atoms with van der Waals surface area (Å²) in [4.78, 5) is 11.5. The molecule has 2 aliphatic rings. The molecule has 0 N–H and O–H groups in total. The predicted molar refractivity (Wildman–Crippen MR) is 90.4 cm³/mol. The van der Waals surface area contributed by atoms with Gasteiger partial charge in [0, 0.05) is 51.7 Å². The van der Waals surface area contributed by atoms with Crippen LogP contribution in [0.5, 0.6) is 0 Å². The van der Waals surface area contributed by atoms with Crippen molar-refractivity contribution in [1.29, 1.82) is 0 Å². The molecule has 1 saturated carbocycles. The second-order valence-corrected chi connectivity index (χ2v) is 7.83. The highest BCUT2D eigenvalue weighted by molar-refractivity contribution is 8.00. The van der Waals surface area contributed by atoms with E-state index in [9.17, 15) is 10.1 Å². The van der Waals surface area contributed by atoms with Gasteiger partial charge in [-0.1, -0.05) is 0 Å². The minimum Gasteiger partial charge on any atom is -0.269 e. The van der Waals surface area contributed by atoms with Crippen LogP contribution in [0.4, 0.5) is 5.69 Å². The van der Waals surface area contributed by atoms with Crippen LogP contribution in [0.15, 0.2) is 35.4 Å². The summed E-state index contributed by atoms with van der Waals surface area (Å²) < 4.78 is 2.09. The maximum absolute atomic E-state index is 10.8. The zero-order valence-electron chi connectivity index (χ0n) is 12.6. The molecule has 1 aromatic carbocycles. The summed E-state index contributed by atoms with van der Waals surface area (Å²) in [5.41, 5.74) is 2.76. The molecular weight excluding hydrogens is 334 g/mol. The Labute approximate surface area is 143 Å². The second-order valence-electron chi connectivity index (χ2n) is 6.02. The number of alkyl halides is 1. The number of nitro benzene ring substituents is 1. The monoisotopic (exact) mass is 349 g/mol. The number of nitrogens with zero attached hydrogens (tertiary/aromatic N) is 3.